The third-order valence-electron chi connectivity index (χ3n) is 4.13. The maximum Gasteiger partial charge on any atom is 0.263 e. The van der Waals surface area contributed by atoms with Crippen LogP contribution in [0.2, 0.25) is 0 Å². The summed E-state index contributed by atoms with van der Waals surface area (Å²) in [5, 5.41) is 3.97. The average molecular weight is 395 g/mol. The summed E-state index contributed by atoms with van der Waals surface area (Å²) in [6, 6.07) is 8.69. The molecule has 3 rings (SSSR count). The van der Waals surface area contributed by atoms with E-state index in [9.17, 15) is 4.79 Å². The molecule has 1 fully saturated rings. The van der Waals surface area contributed by atoms with Crippen LogP contribution in [0.15, 0.2) is 28.7 Å². The molecule has 1 amide bonds. The predicted octanol–water partition coefficient (Wildman–Crippen LogP) is 4.04. The number of thiazole rings is 1. The van der Waals surface area contributed by atoms with Gasteiger partial charge in [-0.15, -0.1) is 11.3 Å². The number of ether oxygens (including phenoxy) is 1. The molecular formula is C17H19BrN2O2S. The van der Waals surface area contributed by atoms with Crippen LogP contribution in [-0.4, -0.2) is 24.0 Å². The van der Waals surface area contributed by atoms with Gasteiger partial charge in [0.25, 0.3) is 5.91 Å². The first kappa shape index (κ1) is 16.6. The van der Waals surface area contributed by atoms with Crippen LogP contribution in [0.1, 0.15) is 44.7 Å². The maximum absolute atomic E-state index is 12.4. The number of hydrogen-bond acceptors (Lipinski definition) is 4. The molecule has 2 aromatic rings. The molecule has 0 radical (unpaired) electrons. The number of carbonyl (C=O) groups excluding carboxylic acids is 1. The smallest absolute Gasteiger partial charge is 0.263 e. The Bertz CT molecular complexity index is 693. The van der Waals surface area contributed by atoms with Gasteiger partial charge in [0.1, 0.15) is 9.88 Å². The summed E-state index contributed by atoms with van der Waals surface area (Å²) < 4.78 is 6.17. The molecule has 0 saturated heterocycles. The molecule has 122 valence electrons. The van der Waals surface area contributed by atoms with Gasteiger partial charge in [-0.3, -0.25) is 4.79 Å². The van der Waals surface area contributed by atoms with Crippen molar-refractivity contribution in [3.8, 4) is 0 Å². The minimum atomic E-state index is -0.0124. The monoisotopic (exact) mass is 394 g/mol. The lowest BCUT2D eigenvalue weighted by Gasteiger charge is -2.36. The van der Waals surface area contributed by atoms with Crippen LogP contribution >= 0.6 is 27.3 Å². The number of nitrogens with zero attached hydrogens (tertiary/aromatic N) is 1. The summed E-state index contributed by atoms with van der Waals surface area (Å²) >= 11 is 4.87. The number of nitrogens with one attached hydrogen (secondary N) is 1. The van der Waals surface area contributed by atoms with Gasteiger partial charge in [-0.25, -0.2) is 4.98 Å². The molecule has 1 N–H and O–H groups in total. The van der Waals surface area contributed by atoms with Crippen LogP contribution < -0.4 is 5.32 Å². The van der Waals surface area contributed by atoms with Crippen molar-refractivity contribution < 1.29 is 9.53 Å². The minimum absolute atomic E-state index is 0.0124. The number of methoxy groups -OCH3 is 1. The van der Waals surface area contributed by atoms with Crippen LogP contribution in [0.4, 0.5) is 0 Å². The van der Waals surface area contributed by atoms with Gasteiger partial charge < -0.3 is 10.1 Å². The first-order valence-electron chi connectivity index (χ1n) is 7.58. The van der Waals surface area contributed by atoms with E-state index in [0.29, 0.717) is 17.4 Å². The lowest BCUT2D eigenvalue weighted by molar-refractivity contribution is 0.0912. The number of halogens is 1. The fourth-order valence-corrected chi connectivity index (χ4v) is 4.05. The normalized spacial score (nSPS) is 20.1. The molecule has 0 spiro atoms. The van der Waals surface area contributed by atoms with Crippen LogP contribution in [0.25, 0.3) is 0 Å². The van der Waals surface area contributed by atoms with Gasteiger partial charge in [-0.2, -0.15) is 0 Å². The number of rotatable bonds is 5. The van der Waals surface area contributed by atoms with Crippen molar-refractivity contribution >= 4 is 33.2 Å². The molecule has 4 nitrogen and oxygen atoms in total. The van der Waals surface area contributed by atoms with Crippen molar-refractivity contribution in [2.45, 2.75) is 38.3 Å². The van der Waals surface area contributed by atoms with Crippen LogP contribution in [0, 0.1) is 6.92 Å². The molecule has 0 bridgehead atoms. The van der Waals surface area contributed by atoms with Crippen molar-refractivity contribution in [3.05, 3.63) is 49.9 Å². The zero-order valence-electron chi connectivity index (χ0n) is 13.1. The van der Waals surface area contributed by atoms with Gasteiger partial charge in [-0.05, 0) is 43.4 Å². The van der Waals surface area contributed by atoms with E-state index >= 15 is 0 Å². The second-order valence-corrected chi connectivity index (χ2v) is 7.84. The first-order chi connectivity index (χ1) is 11.1. The summed E-state index contributed by atoms with van der Waals surface area (Å²) in [6.07, 6.45) is 1.99. The van der Waals surface area contributed by atoms with Crippen molar-refractivity contribution in [1.82, 2.24) is 10.3 Å². The molecule has 0 atom stereocenters. The van der Waals surface area contributed by atoms with Crippen molar-refractivity contribution in [3.63, 3.8) is 0 Å². The predicted molar refractivity (Wildman–Crippen MR) is 94.9 cm³/mol. The second-order valence-electron chi connectivity index (χ2n) is 5.85. The number of hydrogen-bond donors (Lipinski definition) is 1. The summed E-state index contributed by atoms with van der Waals surface area (Å²) in [5.41, 5.74) is 2.12. The van der Waals surface area contributed by atoms with Gasteiger partial charge in [0.05, 0.1) is 12.3 Å². The van der Waals surface area contributed by atoms with Gasteiger partial charge in [0, 0.05) is 17.6 Å². The van der Waals surface area contributed by atoms with E-state index < -0.39 is 0 Å². The van der Waals surface area contributed by atoms with Crippen LogP contribution in [0.5, 0.6) is 0 Å². The summed E-state index contributed by atoms with van der Waals surface area (Å²) in [5.74, 6) is 0.529. The quantitative estimate of drug-likeness (QED) is 0.832. The molecule has 1 aliphatic carbocycles. The zero-order chi connectivity index (χ0) is 16.4. The zero-order valence-corrected chi connectivity index (χ0v) is 15.5. The second kappa shape index (κ2) is 7.11. The highest BCUT2D eigenvalue weighted by Gasteiger charge is 2.32. The highest BCUT2D eigenvalue weighted by atomic mass is 79.9. The fourth-order valence-electron chi connectivity index (χ4n) is 2.84. The molecular weight excluding hydrogens is 376 g/mol. The standard InChI is InChI=1S/C17H19BrN2O2S/c1-10-16(23-15(19-10)9-22-2)17(21)20-14-7-12(8-14)11-3-5-13(18)6-4-11/h3-6,12,14H,7-9H2,1-2H3,(H,20,21). The molecule has 23 heavy (non-hydrogen) atoms. The van der Waals surface area contributed by atoms with Crippen molar-refractivity contribution in [1.29, 1.82) is 0 Å². The summed E-state index contributed by atoms with van der Waals surface area (Å²) in [7, 11) is 1.63. The molecule has 1 heterocycles. The van der Waals surface area contributed by atoms with E-state index in [-0.39, 0.29) is 11.9 Å². The highest BCUT2D eigenvalue weighted by Crippen LogP contribution is 2.37. The molecule has 0 unspecified atom stereocenters. The van der Waals surface area contributed by atoms with Crippen molar-refractivity contribution in [2.75, 3.05) is 7.11 Å². The Morgan fingerprint density at radius 3 is 2.74 bits per heavy atom. The lowest BCUT2D eigenvalue weighted by atomic mass is 9.76. The Balaban J connectivity index is 1.55. The number of aromatic nitrogens is 1. The fraction of sp³-hybridized carbons (Fsp3) is 0.412. The van der Waals surface area contributed by atoms with Gasteiger partial charge >= 0.3 is 0 Å². The van der Waals surface area contributed by atoms with E-state index in [1.807, 2.05) is 6.92 Å². The van der Waals surface area contributed by atoms with E-state index in [2.05, 4.69) is 50.5 Å². The van der Waals surface area contributed by atoms with E-state index in [4.69, 9.17) is 4.74 Å². The molecule has 1 aromatic carbocycles. The molecule has 1 aliphatic rings. The Kier molecular flexibility index (Phi) is 5.14. The van der Waals surface area contributed by atoms with Crippen molar-refractivity contribution in [2.24, 2.45) is 0 Å². The SMILES string of the molecule is COCc1nc(C)c(C(=O)NC2CC(c3ccc(Br)cc3)C2)s1. The number of benzene rings is 1. The minimum Gasteiger partial charge on any atom is -0.378 e. The van der Waals surface area contributed by atoms with Gasteiger partial charge in [0.15, 0.2) is 0 Å². The Hall–Kier alpha value is -1.24. The number of amides is 1. The Morgan fingerprint density at radius 2 is 2.09 bits per heavy atom. The average Bonchev–Trinajstić information content (AvgIpc) is 2.85. The molecule has 1 aromatic heterocycles. The highest BCUT2D eigenvalue weighted by molar-refractivity contribution is 9.10. The largest absolute Gasteiger partial charge is 0.378 e. The first-order valence-corrected chi connectivity index (χ1v) is 9.19. The Labute approximate surface area is 148 Å². The van der Waals surface area contributed by atoms with E-state index in [1.165, 1.54) is 16.9 Å². The van der Waals surface area contributed by atoms with Crippen LogP contribution in [0.3, 0.4) is 0 Å². The third kappa shape index (κ3) is 3.82. The lowest BCUT2D eigenvalue weighted by Crippen LogP contribution is -2.43. The van der Waals surface area contributed by atoms with E-state index in [1.54, 1.807) is 7.11 Å². The van der Waals surface area contributed by atoms with Crippen LogP contribution in [-0.2, 0) is 11.3 Å². The molecule has 1 saturated carbocycles. The Morgan fingerprint density at radius 1 is 1.39 bits per heavy atom. The molecule has 0 aliphatic heterocycles. The third-order valence-corrected chi connectivity index (χ3v) is 5.79. The van der Waals surface area contributed by atoms with E-state index in [0.717, 1.165) is 28.0 Å². The topological polar surface area (TPSA) is 51.2 Å². The summed E-state index contributed by atoms with van der Waals surface area (Å²) in [4.78, 5) is 17.5. The number of carbonyl (C=O) groups is 1. The summed E-state index contributed by atoms with van der Waals surface area (Å²) in [6.45, 7) is 2.32. The number of aryl methyl sites for hydroxylation is 1. The van der Waals surface area contributed by atoms with Gasteiger partial charge in [0.2, 0.25) is 0 Å². The maximum atomic E-state index is 12.4. The molecule has 6 heteroatoms. The van der Waals surface area contributed by atoms with Gasteiger partial charge in [-0.1, -0.05) is 28.1 Å².